The lowest BCUT2D eigenvalue weighted by Crippen LogP contribution is -2.54. The predicted octanol–water partition coefficient (Wildman–Crippen LogP) is 2.84. The van der Waals surface area contributed by atoms with E-state index in [0.29, 0.717) is 5.54 Å². The molecule has 0 aromatic heterocycles. The zero-order chi connectivity index (χ0) is 12.0. The first-order chi connectivity index (χ1) is 7.60. The van der Waals surface area contributed by atoms with Crippen molar-refractivity contribution in [1.82, 2.24) is 10.2 Å². The van der Waals surface area contributed by atoms with Gasteiger partial charge in [-0.15, -0.1) is 0 Å². The fraction of sp³-hybridized carbons (Fsp3) is 0.846. The molecule has 0 amide bonds. The maximum atomic E-state index is 5.51. The zero-order valence-electron chi connectivity index (χ0n) is 10.8. The van der Waals surface area contributed by atoms with Gasteiger partial charge in [0.05, 0.1) is 0 Å². The molecule has 94 valence electrons. The van der Waals surface area contributed by atoms with E-state index in [2.05, 4.69) is 31.2 Å². The highest BCUT2D eigenvalue weighted by Gasteiger charge is 2.36. The van der Waals surface area contributed by atoms with Crippen molar-refractivity contribution in [2.75, 3.05) is 27.2 Å². The second-order valence-corrected chi connectivity index (χ2v) is 5.56. The van der Waals surface area contributed by atoms with Crippen LogP contribution in [0.4, 0.5) is 0 Å². The number of hydrogen-bond acceptors (Lipinski definition) is 2. The molecule has 0 saturated heterocycles. The predicted molar refractivity (Wildman–Crippen MR) is 71.9 cm³/mol. The molecule has 2 nitrogen and oxygen atoms in total. The van der Waals surface area contributed by atoms with Crippen molar-refractivity contribution >= 4 is 11.6 Å². The van der Waals surface area contributed by atoms with E-state index in [0.717, 1.165) is 19.0 Å². The molecule has 0 heterocycles. The van der Waals surface area contributed by atoms with Gasteiger partial charge in [-0.25, -0.2) is 0 Å². The van der Waals surface area contributed by atoms with Gasteiger partial charge in [-0.05, 0) is 32.9 Å². The monoisotopic (exact) mass is 244 g/mol. The van der Waals surface area contributed by atoms with Gasteiger partial charge >= 0.3 is 0 Å². The van der Waals surface area contributed by atoms with Gasteiger partial charge in [-0.2, -0.15) is 0 Å². The van der Waals surface area contributed by atoms with Crippen molar-refractivity contribution in [2.45, 2.75) is 38.1 Å². The summed E-state index contributed by atoms with van der Waals surface area (Å²) in [6.07, 6.45) is 7.31. The van der Waals surface area contributed by atoms with E-state index >= 15 is 0 Å². The van der Waals surface area contributed by atoms with Crippen LogP contribution in [-0.4, -0.2) is 37.6 Å². The average molecular weight is 245 g/mol. The van der Waals surface area contributed by atoms with Crippen molar-refractivity contribution < 1.29 is 0 Å². The summed E-state index contributed by atoms with van der Waals surface area (Å²) in [7, 11) is 4.41. The lowest BCUT2D eigenvalue weighted by molar-refractivity contribution is 0.0763. The summed E-state index contributed by atoms with van der Waals surface area (Å²) in [6, 6.07) is 0. The molecule has 1 saturated carbocycles. The van der Waals surface area contributed by atoms with Gasteiger partial charge in [0.15, 0.2) is 0 Å². The third-order valence-corrected chi connectivity index (χ3v) is 4.00. The Morgan fingerprint density at radius 3 is 2.81 bits per heavy atom. The van der Waals surface area contributed by atoms with Crippen molar-refractivity contribution in [3.8, 4) is 0 Å². The third kappa shape index (κ3) is 3.76. The van der Waals surface area contributed by atoms with Crippen LogP contribution in [0.15, 0.2) is 11.6 Å². The van der Waals surface area contributed by atoms with Gasteiger partial charge in [0, 0.05) is 24.2 Å². The molecule has 0 radical (unpaired) electrons. The van der Waals surface area contributed by atoms with Crippen molar-refractivity contribution in [2.24, 2.45) is 5.92 Å². The number of likely N-dealkylation sites (N-methyl/N-ethyl adjacent to an activating group) is 1. The molecule has 1 aliphatic carbocycles. The van der Waals surface area contributed by atoms with Crippen LogP contribution < -0.4 is 5.32 Å². The maximum Gasteiger partial charge on any atom is 0.0330 e. The Hall–Kier alpha value is -0.0500. The Balaban J connectivity index is 2.51. The lowest BCUT2D eigenvalue weighted by Gasteiger charge is -2.45. The highest BCUT2D eigenvalue weighted by molar-refractivity contribution is 6.25. The molecular formula is C13H25ClN2. The highest BCUT2D eigenvalue weighted by Crippen LogP contribution is 2.35. The molecule has 0 spiro atoms. The molecule has 2 unspecified atom stereocenters. The summed E-state index contributed by atoms with van der Waals surface area (Å²) in [5.41, 5.74) is 1.93. The molecule has 0 bridgehead atoms. The number of rotatable bonds is 5. The van der Waals surface area contributed by atoms with E-state index in [-0.39, 0.29) is 0 Å². The van der Waals surface area contributed by atoms with Crippen molar-refractivity contribution in [3.63, 3.8) is 0 Å². The van der Waals surface area contributed by atoms with Gasteiger partial charge in [-0.3, -0.25) is 0 Å². The Morgan fingerprint density at radius 2 is 2.25 bits per heavy atom. The molecule has 1 aliphatic rings. The Labute approximate surface area is 105 Å². The van der Waals surface area contributed by atoms with Crippen molar-refractivity contribution in [3.05, 3.63) is 11.6 Å². The molecule has 1 fully saturated rings. The largest absolute Gasteiger partial charge is 0.311 e. The number of hydrogen-bond donors (Lipinski definition) is 1. The van der Waals surface area contributed by atoms with Crippen LogP contribution >= 0.6 is 11.6 Å². The minimum atomic E-state index is 0.345. The van der Waals surface area contributed by atoms with E-state index in [1.54, 1.807) is 5.54 Å². The highest BCUT2D eigenvalue weighted by atomic mass is 35.5. The molecule has 0 aromatic carbocycles. The van der Waals surface area contributed by atoms with Gasteiger partial charge in [0.1, 0.15) is 0 Å². The molecular weight excluding hydrogens is 220 g/mol. The summed E-state index contributed by atoms with van der Waals surface area (Å²) in [5.74, 6) is 0.849. The summed E-state index contributed by atoms with van der Waals surface area (Å²) < 4.78 is 0. The van der Waals surface area contributed by atoms with Gasteiger partial charge in [0.2, 0.25) is 0 Å². The zero-order valence-corrected chi connectivity index (χ0v) is 11.6. The number of nitrogens with one attached hydrogen (secondary N) is 1. The van der Waals surface area contributed by atoms with Crippen molar-refractivity contribution in [1.29, 1.82) is 0 Å². The van der Waals surface area contributed by atoms with Crippen LogP contribution in [0.3, 0.4) is 0 Å². The van der Waals surface area contributed by atoms with E-state index in [1.165, 1.54) is 25.7 Å². The van der Waals surface area contributed by atoms with E-state index < -0.39 is 0 Å². The SMILES string of the molecule is CC1CCCC(CNC/C=C/Cl)(N(C)C)C1. The first kappa shape index (κ1) is 14.0. The Bertz CT molecular complexity index is 228. The summed E-state index contributed by atoms with van der Waals surface area (Å²) in [4.78, 5) is 2.40. The summed E-state index contributed by atoms with van der Waals surface area (Å²) >= 11 is 5.51. The average Bonchev–Trinajstić information content (AvgIpc) is 2.24. The van der Waals surface area contributed by atoms with Crippen LogP contribution in [-0.2, 0) is 0 Å². The van der Waals surface area contributed by atoms with E-state index in [1.807, 2.05) is 6.08 Å². The summed E-state index contributed by atoms with van der Waals surface area (Å²) in [5, 5.41) is 3.49. The molecule has 3 heteroatoms. The molecule has 1 N–H and O–H groups in total. The smallest absolute Gasteiger partial charge is 0.0330 e. The fourth-order valence-corrected chi connectivity index (χ4v) is 2.88. The Kier molecular flexibility index (Phi) is 5.81. The van der Waals surface area contributed by atoms with Gasteiger partial charge in [-0.1, -0.05) is 37.4 Å². The normalized spacial score (nSPS) is 31.4. The van der Waals surface area contributed by atoms with Crippen LogP contribution in [0.25, 0.3) is 0 Å². The van der Waals surface area contributed by atoms with Crippen LogP contribution in [0.1, 0.15) is 32.6 Å². The first-order valence-corrected chi connectivity index (χ1v) is 6.68. The second-order valence-electron chi connectivity index (χ2n) is 5.31. The first-order valence-electron chi connectivity index (χ1n) is 6.24. The van der Waals surface area contributed by atoms with Crippen LogP contribution in [0, 0.1) is 5.92 Å². The molecule has 1 rings (SSSR count). The molecule has 0 aromatic rings. The number of nitrogens with zero attached hydrogens (tertiary/aromatic N) is 1. The third-order valence-electron chi connectivity index (χ3n) is 3.82. The van der Waals surface area contributed by atoms with Crippen LogP contribution in [0.2, 0.25) is 0 Å². The summed E-state index contributed by atoms with van der Waals surface area (Å²) in [6.45, 7) is 4.30. The standard InChI is InChI=1S/C13H25ClN2/c1-12-6-4-7-13(10-12,16(2)3)11-15-9-5-8-14/h5,8,12,15H,4,6-7,9-11H2,1-3H3/b8-5+. The molecule has 16 heavy (non-hydrogen) atoms. The Morgan fingerprint density at radius 1 is 1.50 bits per heavy atom. The quantitative estimate of drug-likeness (QED) is 0.749. The van der Waals surface area contributed by atoms with E-state index in [4.69, 9.17) is 11.6 Å². The molecule has 0 aliphatic heterocycles. The second kappa shape index (κ2) is 6.63. The van der Waals surface area contributed by atoms with Crippen LogP contribution in [0.5, 0.6) is 0 Å². The van der Waals surface area contributed by atoms with Gasteiger partial charge < -0.3 is 10.2 Å². The lowest BCUT2D eigenvalue weighted by atomic mass is 9.75. The maximum absolute atomic E-state index is 5.51. The number of halogens is 1. The van der Waals surface area contributed by atoms with Gasteiger partial charge in [0.25, 0.3) is 0 Å². The fourth-order valence-electron chi connectivity index (χ4n) is 2.79. The topological polar surface area (TPSA) is 15.3 Å². The minimum Gasteiger partial charge on any atom is -0.311 e. The van der Waals surface area contributed by atoms with E-state index in [9.17, 15) is 0 Å². The molecule has 2 atom stereocenters. The minimum absolute atomic E-state index is 0.345.